The average Bonchev–Trinajstić information content (AvgIpc) is 3.80. The topological polar surface area (TPSA) is 212 Å². The first-order valence-electron chi connectivity index (χ1n) is 19.3. The number of carbonyl (C=O) groups excluding carboxylic acids is 3. The Morgan fingerprint density at radius 2 is 1.30 bits per heavy atom. The molecule has 5 aromatic rings. The minimum absolute atomic E-state index is 0.0524. The van der Waals surface area contributed by atoms with E-state index >= 15 is 0 Å². The Hall–Kier alpha value is -6.19. The number of H-pyrrole nitrogens is 2. The van der Waals surface area contributed by atoms with Gasteiger partial charge in [-0.05, 0) is 99.1 Å². The van der Waals surface area contributed by atoms with Crippen LogP contribution in [-0.2, 0) is 14.3 Å². The van der Waals surface area contributed by atoms with E-state index in [0.29, 0.717) is 41.7 Å². The number of hydrogen-bond acceptors (Lipinski definition) is 9. The highest BCUT2D eigenvalue weighted by Gasteiger charge is 2.44. The van der Waals surface area contributed by atoms with Gasteiger partial charge in [-0.1, -0.05) is 12.1 Å². The number of carboxylic acid groups (broad SMARTS) is 1. The van der Waals surface area contributed by atoms with E-state index in [1.54, 1.807) is 17.3 Å². The number of nitrogens with zero attached hydrogens (tertiary/aromatic N) is 5. The zero-order chi connectivity index (χ0) is 38.5. The summed E-state index contributed by atoms with van der Waals surface area (Å²) in [4.78, 5) is 74.9. The molecule has 4 atom stereocenters. The molecule has 290 valence electrons. The molecule has 2 aliphatic carbocycles. The molecule has 4 aliphatic rings. The normalized spacial score (nSPS) is 20.6. The molecule has 2 unspecified atom stereocenters. The number of imidazole rings is 2. The van der Waals surface area contributed by atoms with Crippen LogP contribution in [0.25, 0.3) is 45.1 Å². The van der Waals surface area contributed by atoms with Gasteiger partial charge in [0, 0.05) is 24.2 Å². The summed E-state index contributed by atoms with van der Waals surface area (Å²) < 4.78 is 10.9. The zero-order valence-corrected chi connectivity index (χ0v) is 30.9. The summed E-state index contributed by atoms with van der Waals surface area (Å²) in [6, 6.07) is 11.8. The van der Waals surface area contributed by atoms with E-state index in [4.69, 9.17) is 14.1 Å². The third-order valence-electron chi connectivity index (χ3n) is 11.5. The monoisotopic (exact) mass is 761 g/mol. The molecule has 4 amide bonds. The summed E-state index contributed by atoms with van der Waals surface area (Å²) in [6.45, 7) is 1.16. The number of hydrogen-bond donors (Lipinski definition) is 5. The van der Waals surface area contributed by atoms with E-state index in [0.717, 1.165) is 79.4 Å². The fourth-order valence-corrected chi connectivity index (χ4v) is 8.24. The molecule has 2 aromatic carbocycles. The highest BCUT2D eigenvalue weighted by molar-refractivity contribution is 5.88. The van der Waals surface area contributed by atoms with E-state index in [-0.39, 0.29) is 35.7 Å². The van der Waals surface area contributed by atoms with Gasteiger partial charge in [0.25, 0.3) is 0 Å². The van der Waals surface area contributed by atoms with Crippen molar-refractivity contribution in [3.8, 4) is 34.0 Å². The predicted molar refractivity (Wildman–Crippen MR) is 202 cm³/mol. The summed E-state index contributed by atoms with van der Waals surface area (Å²) in [6.07, 6.45) is 8.43. The van der Waals surface area contributed by atoms with Crippen LogP contribution in [0.3, 0.4) is 0 Å². The molecule has 4 fully saturated rings. The van der Waals surface area contributed by atoms with Crippen molar-refractivity contribution in [2.45, 2.75) is 75.5 Å². The molecule has 5 heterocycles. The van der Waals surface area contributed by atoms with Crippen molar-refractivity contribution >= 4 is 35.1 Å². The first kappa shape index (κ1) is 35.5. The van der Waals surface area contributed by atoms with Crippen LogP contribution in [0.1, 0.15) is 75.1 Å². The lowest BCUT2D eigenvalue weighted by atomic mass is 10.1. The minimum Gasteiger partial charge on any atom is -0.465 e. The summed E-state index contributed by atoms with van der Waals surface area (Å²) >= 11 is 0. The van der Waals surface area contributed by atoms with Gasteiger partial charge in [-0.2, -0.15) is 0 Å². The molecular formula is C40H43N9O7. The number of rotatable bonds is 11. The number of methoxy groups -OCH3 is 1. The van der Waals surface area contributed by atoms with Crippen LogP contribution in [0.5, 0.6) is 0 Å². The molecule has 0 spiro atoms. The van der Waals surface area contributed by atoms with E-state index in [1.165, 1.54) is 7.11 Å². The Balaban J connectivity index is 0.877. The third kappa shape index (κ3) is 6.95. The SMILES string of the molecule is COC(=O)NC(C(=O)N1CCC[C@H]1c1ncc(-c2ccc3oc(-c4ccc(-c5cnc([C@@H]6CCCN6C(=O)C(NC(=O)O)C6CC6)[nH]5)cc4)nc3c2)[nH]1)C1CC1. The van der Waals surface area contributed by atoms with Crippen molar-refractivity contribution in [2.75, 3.05) is 20.2 Å². The lowest BCUT2D eigenvalue weighted by Gasteiger charge is -2.28. The van der Waals surface area contributed by atoms with Gasteiger partial charge < -0.3 is 44.7 Å². The lowest BCUT2D eigenvalue weighted by molar-refractivity contribution is -0.135. The molecule has 2 saturated heterocycles. The minimum atomic E-state index is -1.18. The number of aromatic nitrogens is 5. The largest absolute Gasteiger partial charge is 0.465 e. The predicted octanol–water partition coefficient (Wildman–Crippen LogP) is 5.78. The molecule has 16 heteroatoms. The molecule has 2 aliphatic heterocycles. The molecule has 0 radical (unpaired) electrons. The summed E-state index contributed by atoms with van der Waals surface area (Å²) in [5, 5.41) is 14.5. The van der Waals surface area contributed by atoms with E-state index in [1.807, 2.05) is 47.4 Å². The fourth-order valence-electron chi connectivity index (χ4n) is 8.24. The van der Waals surface area contributed by atoms with Gasteiger partial charge in [0.1, 0.15) is 29.2 Å². The fraction of sp³-hybridized carbons (Fsp3) is 0.425. The number of fused-ring (bicyclic) bond motifs is 1. The molecule has 5 N–H and O–H groups in total. The average molecular weight is 762 g/mol. The van der Waals surface area contributed by atoms with Crippen molar-refractivity contribution < 1.29 is 33.4 Å². The first-order chi connectivity index (χ1) is 27.2. The van der Waals surface area contributed by atoms with Crippen molar-refractivity contribution in [1.82, 2.24) is 45.4 Å². The Morgan fingerprint density at radius 1 is 0.768 bits per heavy atom. The summed E-state index contributed by atoms with van der Waals surface area (Å²) in [5.41, 5.74) is 5.52. The number of likely N-dealkylation sites (tertiary alicyclic amines) is 2. The maximum Gasteiger partial charge on any atom is 0.407 e. The number of nitrogens with one attached hydrogen (secondary N) is 4. The number of aromatic amines is 2. The van der Waals surface area contributed by atoms with Crippen molar-refractivity contribution in [2.24, 2.45) is 11.8 Å². The van der Waals surface area contributed by atoms with Gasteiger partial charge in [0.05, 0.1) is 43.0 Å². The van der Waals surface area contributed by atoms with E-state index in [2.05, 4.69) is 30.6 Å². The lowest BCUT2D eigenvalue weighted by Crippen LogP contribution is -2.49. The quantitative estimate of drug-likeness (QED) is 0.109. The number of ether oxygens (including phenoxy) is 1. The number of carbonyl (C=O) groups is 4. The summed E-state index contributed by atoms with van der Waals surface area (Å²) in [7, 11) is 1.30. The molecule has 9 rings (SSSR count). The molecular weight excluding hydrogens is 718 g/mol. The Morgan fingerprint density at radius 3 is 1.86 bits per heavy atom. The van der Waals surface area contributed by atoms with Crippen LogP contribution in [0, 0.1) is 11.8 Å². The second-order valence-electron chi connectivity index (χ2n) is 15.2. The third-order valence-corrected chi connectivity index (χ3v) is 11.5. The van der Waals surface area contributed by atoms with E-state index in [9.17, 15) is 24.3 Å². The van der Waals surface area contributed by atoms with Crippen LogP contribution < -0.4 is 10.6 Å². The van der Waals surface area contributed by atoms with Gasteiger partial charge >= 0.3 is 12.2 Å². The van der Waals surface area contributed by atoms with Crippen LogP contribution >= 0.6 is 0 Å². The second kappa shape index (κ2) is 14.5. The first-order valence-corrected chi connectivity index (χ1v) is 19.3. The molecule has 3 aromatic heterocycles. The number of oxazole rings is 1. The molecule has 56 heavy (non-hydrogen) atoms. The number of alkyl carbamates (subject to hydrolysis) is 1. The van der Waals surface area contributed by atoms with Crippen LogP contribution in [0.4, 0.5) is 9.59 Å². The van der Waals surface area contributed by atoms with Crippen LogP contribution in [0.2, 0.25) is 0 Å². The zero-order valence-electron chi connectivity index (χ0n) is 30.9. The van der Waals surface area contributed by atoms with E-state index < -0.39 is 24.3 Å². The Labute approximate surface area is 321 Å². The van der Waals surface area contributed by atoms with Crippen molar-refractivity contribution in [3.63, 3.8) is 0 Å². The van der Waals surface area contributed by atoms with Crippen LogP contribution in [-0.4, -0.2) is 96.1 Å². The Kier molecular flexibility index (Phi) is 9.17. The maximum absolute atomic E-state index is 13.6. The van der Waals surface area contributed by atoms with Gasteiger partial charge in [0.2, 0.25) is 17.7 Å². The van der Waals surface area contributed by atoms with Gasteiger partial charge in [-0.3, -0.25) is 9.59 Å². The standard InChI is InChI=1S/C40H43N9O7/c1-55-40(54)47-33(23-10-11-23)38(51)49-17-3-5-30(49)35-42-20-28(44-35)25-14-15-31-26(18-25)45-36(56-31)24-12-6-21(7-13-24)27-19-41-34(43-27)29-4-2-16-48(29)37(50)32(22-8-9-22)46-39(52)53/h6-7,12-15,18-20,22-23,29-30,32-33,46H,2-5,8-11,16-17H2,1H3,(H,41,43)(H,42,44)(H,47,54)(H,52,53)/t29-,30-,32?,33?/m0/s1. The molecule has 16 nitrogen and oxygen atoms in total. The smallest absolute Gasteiger partial charge is 0.407 e. The Bertz CT molecular complexity index is 2290. The van der Waals surface area contributed by atoms with Crippen molar-refractivity contribution in [1.29, 1.82) is 0 Å². The van der Waals surface area contributed by atoms with Crippen molar-refractivity contribution in [3.05, 3.63) is 66.5 Å². The highest BCUT2D eigenvalue weighted by atomic mass is 16.5. The maximum atomic E-state index is 13.6. The second-order valence-corrected chi connectivity index (χ2v) is 15.2. The number of benzene rings is 2. The summed E-state index contributed by atoms with van der Waals surface area (Å²) in [5.74, 6) is 1.76. The van der Waals surface area contributed by atoms with Gasteiger partial charge in [-0.15, -0.1) is 0 Å². The van der Waals surface area contributed by atoms with Gasteiger partial charge in [-0.25, -0.2) is 24.5 Å². The molecule has 2 saturated carbocycles. The van der Waals surface area contributed by atoms with Crippen LogP contribution in [0.15, 0.2) is 59.3 Å². The van der Waals surface area contributed by atoms with Gasteiger partial charge in [0.15, 0.2) is 5.58 Å². The number of amides is 4. The highest BCUT2D eigenvalue weighted by Crippen LogP contribution is 2.39. The molecule has 0 bridgehead atoms.